The topological polar surface area (TPSA) is 59.9 Å². The largest absolute Gasteiger partial charge is 0.229 e. The molecule has 1 aliphatic rings. The summed E-state index contributed by atoms with van der Waals surface area (Å²) >= 11 is 11.0. The second-order valence-electron chi connectivity index (χ2n) is 3.58. The van der Waals surface area contributed by atoms with Crippen LogP contribution in [-0.2, 0) is 9.84 Å². The van der Waals surface area contributed by atoms with E-state index in [1.165, 1.54) is 0 Å². The predicted octanol–water partition coefficient (Wildman–Crippen LogP) is 1.82. The van der Waals surface area contributed by atoms with Gasteiger partial charge >= 0.3 is 0 Å². The third kappa shape index (κ3) is 2.28. The lowest BCUT2D eigenvalue weighted by molar-refractivity contribution is 0.597. The predicted molar refractivity (Wildman–Crippen MR) is 58.0 cm³/mol. The average Bonchev–Trinajstić information content (AvgIpc) is 2.54. The summed E-state index contributed by atoms with van der Waals surface area (Å²) in [6, 6.07) is 0. The molecule has 1 fully saturated rings. The molecule has 1 saturated heterocycles. The van der Waals surface area contributed by atoms with Crippen LogP contribution in [0.25, 0.3) is 0 Å². The number of aromatic nitrogens is 2. The van der Waals surface area contributed by atoms with Gasteiger partial charge in [-0.05, 0) is 6.42 Å². The summed E-state index contributed by atoms with van der Waals surface area (Å²) in [6.07, 6.45) is 0.417. The molecular weight excluding hydrogens is 278 g/mol. The molecule has 2 heterocycles. The van der Waals surface area contributed by atoms with Gasteiger partial charge in [0, 0.05) is 5.92 Å². The molecule has 1 aromatic heterocycles. The molecule has 0 N–H and O–H groups in total. The van der Waals surface area contributed by atoms with Gasteiger partial charge in [0.25, 0.3) is 0 Å². The Labute approximate surface area is 102 Å². The Hall–Kier alpha value is -0.460. The second kappa shape index (κ2) is 4.09. The summed E-state index contributed by atoms with van der Waals surface area (Å²) in [5.41, 5.74) is 0. The number of hydrogen-bond acceptors (Lipinski definition) is 4. The van der Waals surface area contributed by atoms with E-state index in [1.54, 1.807) is 0 Å². The zero-order valence-corrected chi connectivity index (χ0v) is 10.3. The molecule has 0 amide bonds. The quantitative estimate of drug-likeness (QED) is 0.738. The molecule has 0 aliphatic carbocycles. The monoisotopic (exact) mass is 284 g/mol. The lowest BCUT2D eigenvalue weighted by Gasteiger charge is -2.07. The van der Waals surface area contributed by atoms with Gasteiger partial charge in [-0.1, -0.05) is 23.2 Å². The van der Waals surface area contributed by atoms with Crippen LogP contribution in [0.1, 0.15) is 18.2 Å². The molecular formula is C8H7Cl2FN2O2S. The van der Waals surface area contributed by atoms with Crippen molar-refractivity contribution in [3.63, 3.8) is 0 Å². The van der Waals surface area contributed by atoms with E-state index in [0.717, 1.165) is 0 Å². The first-order valence-corrected chi connectivity index (χ1v) is 7.05. The Balaban J connectivity index is 2.36. The SMILES string of the molecule is O=S1(=O)CCC(c2nc(Cl)c(F)c(Cl)n2)C1. The maximum absolute atomic E-state index is 13.0. The lowest BCUT2D eigenvalue weighted by atomic mass is 10.1. The van der Waals surface area contributed by atoms with Crippen molar-refractivity contribution in [1.29, 1.82) is 0 Å². The maximum atomic E-state index is 13.0. The first-order valence-electron chi connectivity index (χ1n) is 4.48. The summed E-state index contributed by atoms with van der Waals surface area (Å²) in [6.45, 7) is 0. The van der Waals surface area contributed by atoms with E-state index < -0.39 is 15.7 Å². The van der Waals surface area contributed by atoms with E-state index in [-0.39, 0.29) is 33.6 Å². The second-order valence-corrected chi connectivity index (χ2v) is 6.52. The van der Waals surface area contributed by atoms with Gasteiger partial charge < -0.3 is 0 Å². The minimum atomic E-state index is -3.04. The molecule has 16 heavy (non-hydrogen) atoms. The van der Waals surface area contributed by atoms with Gasteiger partial charge in [-0.2, -0.15) is 0 Å². The van der Waals surface area contributed by atoms with Crippen molar-refractivity contribution in [2.24, 2.45) is 0 Å². The minimum Gasteiger partial charge on any atom is -0.229 e. The van der Waals surface area contributed by atoms with Gasteiger partial charge in [-0.25, -0.2) is 22.8 Å². The molecule has 0 aromatic carbocycles. The van der Waals surface area contributed by atoms with Crippen LogP contribution in [0.2, 0.25) is 10.3 Å². The van der Waals surface area contributed by atoms with Crippen LogP contribution >= 0.6 is 23.2 Å². The van der Waals surface area contributed by atoms with Crippen LogP contribution < -0.4 is 0 Å². The Morgan fingerprint density at radius 1 is 1.25 bits per heavy atom. The maximum Gasteiger partial charge on any atom is 0.197 e. The zero-order valence-electron chi connectivity index (χ0n) is 7.95. The van der Waals surface area contributed by atoms with Crippen molar-refractivity contribution >= 4 is 33.0 Å². The van der Waals surface area contributed by atoms with Crippen LogP contribution in [0.3, 0.4) is 0 Å². The van der Waals surface area contributed by atoms with Gasteiger partial charge in [-0.3, -0.25) is 0 Å². The van der Waals surface area contributed by atoms with Gasteiger partial charge in [0.1, 0.15) is 5.82 Å². The molecule has 0 radical (unpaired) electrons. The van der Waals surface area contributed by atoms with Crippen LogP contribution in [0, 0.1) is 5.82 Å². The van der Waals surface area contributed by atoms with Gasteiger partial charge in [0.15, 0.2) is 26.0 Å². The third-order valence-electron chi connectivity index (χ3n) is 2.39. The number of hydrogen-bond donors (Lipinski definition) is 0. The van der Waals surface area contributed by atoms with E-state index in [4.69, 9.17) is 23.2 Å². The normalized spacial score (nSPS) is 23.6. The highest BCUT2D eigenvalue weighted by molar-refractivity contribution is 7.91. The first kappa shape index (κ1) is 12.0. The van der Waals surface area contributed by atoms with Crippen molar-refractivity contribution < 1.29 is 12.8 Å². The summed E-state index contributed by atoms with van der Waals surface area (Å²) in [5, 5.41) is -0.751. The highest BCUT2D eigenvalue weighted by Gasteiger charge is 2.31. The molecule has 1 unspecified atom stereocenters. The molecule has 8 heteroatoms. The fraction of sp³-hybridized carbons (Fsp3) is 0.500. The highest BCUT2D eigenvalue weighted by atomic mass is 35.5. The smallest absolute Gasteiger partial charge is 0.197 e. The van der Waals surface area contributed by atoms with Crippen molar-refractivity contribution in [3.8, 4) is 0 Å². The van der Waals surface area contributed by atoms with E-state index >= 15 is 0 Å². The number of sulfone groups is 1. The van der Waals surface area contributed by atoms with Gasteiger partial charge in [0.05, 0.1) is 11.5 Å². The Morgan fingerprint density at radius 2 is 1.81 bits per heavy atom. The van der Waals surface area contributed by atoms with Gasteiger partial charge in [-0.15, -0.1) is 0 Å². The summed E-state index contributed by atoms with van der Waals surface area (Å²) in [7, 11) is -3.04. The Morgan fingerprint density at radius 3 is 2.25 bits per heavy atom. The van der Waals surface area contributed by atoms with Crippen LogP contribution in [0.5, 0.6) is 0 Å². The number of nitrogens with zero attached hydrogens (tertiary/aromatic N) is 2. The Kier molecular flexibility index (Phi) is 3.07. The molecule has 1 aromatic rings. The summed E-state index contributed by atoms with van der Waals surface area (Å²) in [4.78, 5) is 7.42. The fourth-order valence-electron chi connectivity index (χ4n) is 1.59. The number of halogens is 3. The van der Waals surface area contributed by atoms with E-state index in [0.29, 0.717) is 6.42 Å². The van der Waals surface area contributed by atoms with Gasteiger partial charge in [0.2, 0.25) is 0 Å². The molecule has 0 bridgehead atoms. The summed E-state index contributed by atoms with van der Waals surface area (Å²) < 4.78 is 35.6. The fourth-order valence-corrected chi connectivity index (χ4v) is 3.73. The molecule has 88 valence electrons. The van der Waals surface area contributed by atoms with Crippen LogP contribution in [-0.4, -0.2) is 29.9 Å². The summed E-state index contributed by atoms with van der Waals surface area (Å²) in [5.74, 6) is -0.982. The molecule has 0 saturated carbocycles. The van der Waals surface area contributed by atoms with Crippen LogP contribution in [0.15, 0.2) is 0 Å². The first-order chi connectivity index (χ1) is 7.39. The zero-order chi connectivity index (χ0) is 11.9. The molecule has 1 aliphatic heterocycles. The van der Waals surface area contributed by atoms with E-state index in [1.807, 2.05) is 0 Å². The molecule has 2 rings (SSSR count). The van der Waals surface area contributed by atoms with Crippen molar-refractivity contribution in [2.45, 2.75) is 12.3 Å². The van der Waals surface area contributed by atoms with Crippen molar-refractivity contribution in [2.75, 3.05) is 11.5 Å². The number of rotatable bonds is 1. The van der Waals surface area contributed by atoms with Crippen LogP contribution in [0.4, 0.5) is 4.39 Å². The minimum absolute atomic E-state index is 0.0364. The molecule has 1 atom stereocenters. The Bertz CT molecular complexity index is 512. The molecule has 4 nitrogen and oxygen atoms in total. The van der Waals surface area contributed by atoms with Crippen molar-refractivity contribution in [3.05, 3.63) is 21.9 Å². The molecule has 0 spiro atoms. The third-order valence-corrected chi connectivity index (χ3v) is 4.65. The average molecular weight is 285 g/mol. The standard InChI is InChI=1S/C8H7Cl2FN2O2S/c9-6-5(11)7(10)13-8(12-6)4-1-2-16(14,15)3-4/h4H,1-3H2. The van der Waals surface area contributed by atoms with Crippen molar-refractivity contribution in [1.82, 2.24) is 9.97 Å². The van der Waals surface area contributed by atoms with E-state index in [9.17, 15) is 12.8 Å². The lowest BCUT2D eigenvalue weighted by Crippen LogP contribution is -2.08. The highest BCUT2D eigenvalue weighted by Crippen LogP contribution is 2.29. The van der Waals surface area contributed by atoms with E-state index in [2.05, 4.69) is 9.97 Å².